The minimum Gasteiger partial charge on any atom is -0.384 e. The van der Waals surface area contributed by atoms with E-state index in [1.165, 1.54) is 11.2 Å². The average Bonchev–Trinajstić information content (AvgIpc) is 2.71. The number of hydrogen-bond acceptors (Lipinski definition) is 4. The second-order valence-corrected chi connectivity index (χ2v) is 9.29. The number of para-hydroxylation sites is 1. The zero-order chi connectivity index (χ0) is 19.9. The van der Waals surface area contributed by atoms with Gasteiger partial charge >= 0.3 is 0 Å². The Kier molecular flexibility index (Phi) is 4.89. The van der Waals surface area contributed by atoms with Crippen molar-refractivity contribution in [1.82, 2.24) is 4.90 Å². The SMILES string of the molecule is C[C@@H](O)C(=O)N1CCc2ccc(S(=O)(=O)N3CCCc4ccccc43)cc2C1. The molecular weight excluding hydrogens is 376 g/mol. The van der Waals surface area contributed by atoms with Crippen molar-refractivity contribution in [1.29, 1.82) is 0 Å². The minimum absolute atomic E-state index is 0.245. The van der Waals surface area contributed by atoms with E-state index < -0.39 is 16.1 Å². The molecular formula is C21H24N2O4S. The maximum atomic E-state index is 13.4. The van der Waals surface area contributed by atoms with E-state index in [2.05, 4.69) is 0 Å². The lowest BCUT2D eigenvalue weighted by Gasteiger charge is -2.32. The van der Waals surface area contributed by atoms with Crippen molar-refractivity contribution >= 4 is 21.6 Å². The lowest BCUT2D eigenvalue weighted by molar-refractivity contribution is -0.140. The summed E-state index contributed by atoms with van der Waals surface area (Å²) >= 11 is 0. The number of aryl methyl sites for hydroxylation is 1. The van der Waals surface area contributed by atoms with Crippen molar-refractivity contribution in [2.24, 2.45) is 0 Å². The van der Waals surface area contributed by atoms with Crippen molar-refractivity contribution in [2.45, 2.75) is 43.7 Å². The van der Waals surface area contributed by atoms with Crippen LogP contribution in [0, 0.1) is 0 Å². The Morgan fingerprint density at radius 1 is 1.04 bits per heavy atom. The van der Waals surface area contributed by atoms with Crippen LogP contribution in [0.1, 0.15) is 30.0 Å². The predicted molar refractivity (Wildman–Crippen MR) is 107 cm³/mol. The summed E-state index contributed by atoms with van der Waals surface area (Å²) in [5.74, 6) is -0.330. The van der Waals surface area contributed by atoms with Crippen LogP contribution in [0.3, 0.4) is 0 Å². The second kappa shape index (κ2) is 7.22. The molecule has 2 heterocycles. The average molecular weight is 401 g/mol. The van der Waals surface area contributed by atoms with Gasteiger partial charge in [0.25, 0.3) is 15.9 Å². The smallest absolute Gasteiger partial charge is 0.264 e. The van der Waals surface area contributed by atoms with Gasteiger partial charge in [-0.2, -0.15) is 0 Å². The fraction of sp³-hybridized carbons (Fsp3) is 0.381. The monoisotopic (exact) mass is 400 g/mol. The molecule has 0 aromatic heterocycles. The standard InChI is InChI=1S/C21H24N2O4S/c1-15(24)21(25)22-12-10-16-8-9-19(13-18(16)14-22)28(26,27)23-11-4-6-17-5-2-3-7-20(17)23/h2-3,5,7-9,13,15,24H,4,6,10-12,14H2,1H3/t15-/m1/s1. The molecule has 1 amide bonds. The summed E-state index contributed by atoms with van der Waals surface area (Å²) in [6, 6.07) is 12.8. The first-order chi connectivity index (χ1) is 13.4. The molecule has 0 saturated heterocycles. The normalized spacial score (nSPS) is 17.6. The number of aliphatic hydroxyl groups excluding tert-OH is 1. The van der Waals surface area contributed by atoms with Gasteiger partial charge in [-0.25, -0.2) is 8.42 Å². The van der Waals surface area contributed by atoms with Crippen LogP contribution in [0.5, 0.6) is 0 Å². The van der Waals surface area contributed by atoms with E-state index in [1.807, 2.05) is 30.3 Å². The van der Waals surface area contributed by atoms with Crippen LogP contribution >= 0.6 is 0 Å². The number of nitrogens with zero attached hydrogens (tertiary/aromatic N) is 2. The zero-order valence-corrected chi connectivity index (χ0v) is 16.7. The molecule has 4 rings (SSSR count). The van der Waals surface area contributed by atoms with Crippen LogP contribution in [0.25, 0.3) is 0 Å². The van der Waals surface area contributed by atoms with E-state index in [4.69, 9.17) is 0 Å². The minimum atomic E-state index is -3.68. The molecule has 2 aliphatic heterocycles. The van der Waals surface area contributed by atoms with Crippen molar-refractivity contribution in [3.05, 3.63) is 59.2 Å². The predicted octanol–water partition coefficient (Wildman–Crippen LogP) is 2.09. The van der Waals surface area contributed by atoms with Crippen LogP contribution in [0.15, 0.2) is 47.4 Å². The lowest BCUT2D eigenvalue weighted by atomic mass is 9.99. The summed E-state index contributed by atoms with van der Waals surface area (Å²) in [6.45, 7) is 2.76. The highest BCUT2D eigenvalue weighted by molar-refractivity contribution is 7.92. The number of fused-ring (bicyclic) bond motifs is 2. The largest absolute Gasteiger partial charge is 0.384 e. The molecule has 6 nitrogen and oxygen atoms in total. The van der Waals surface area contributed by atoms with Gasteiger partial charge < -0.3 is 10.0 Å². The Morgan fingerprint density at radius 2 is 1.82 bits per heavy atom. The summed E-state index contributed by atoms with van der Waals surface area (Å²) in [4.78, 5) is 14.0. The van der Waals surface area contributed by atoms with Gasteiger partial charge in [-0.15, -0.1) is 0 Å². The highest BCUT2D eigenvalue weighted by atomic mass is 32.2. The maximum absolute atomic E-state index is 13.4. The molecule has 2 aliphatic rings. The van der Waals surface area contributed by atoms with E-state index in [0.717, 1.165) is 35.2 Å². The highest BCUT2D eigenvalue weighted by Gasteiger charge is 2.30. The van der Waals surface area contributed by atoms with Crippen LogP contribution in [-0.2, 0) is 34.2 Å². The Balaban J connectivity index is 1.68. The number of sulfonamides is 1. The summed E-state index contributed by atoms with van der Waals surface area (Å²) in [5, 5.41) is 9.57. The van der Waals surface area contributed by atoms with E-state index in [0.29, 0.717) is 26.1 Å². The van der Waals surface area contributed by atoms with Gasteiger partial charge in [0.1, 0.15) is 6.10 Å². The van der Waals surface area contributed by atoms with Crippen LogP contribution in [0.2, 0.25) is 0 Å². The first-order valence-corrected chi connectivity index (χ1v) is 11.0. The maximum Gasteiger partial charge on any atom is 0.264 e. The number of amides is 1. The van der Waals surface area contributed by atoms with Gasteiger partial charge in [0.05, 0.1) is 10.6 Å². The van der Waals surface area contributed by atoms with Gasteiger partial charge in [-0.3, -0.25) is 9.10 Å². The van der Waals surface area contributed by atoms with Crippen molar-refractivity contribution in [3.63, 3.8) is 0 Å². The molecule has 1 atom stereocenters. The molecule has 0 fully saturated rings. The van der Waals surface area contributed by atoms with Crippen molar-refractivity contribution < 1.29 is 18.3 Å². The van der Waals surface area contributed by atoms with Crippen molar-refractivity contribution in [2.75, 3.05) is 17.4 Å². The molecule has 28 heavy (non-hydrogen) atoms. The fourth-order valence-corrected chi connectivity index (χ4v) is 5.61. The second-order valence-electron chi connectivity index (χ2n) is 7.43. The molecule has 1 N–H and O–H groups in total. The van der Waals surface area contributed by atoms with Gasteiger partial charge in [0.15, 0.2) is 0 Å². The third-order valence-electron chi connectivity index (χ3n) is 5.51. The van der Waals surface area contributed by atoms with Crippen LogP contribution in [-0.4, -0.2) is 43.5 Å². The summed E-state index contributed by atoms with van der Waals surface area (Å²) in [7, 11) is -3.68. The molecule has 0 aliphatic carbocycles. The van der Waals surface area contributed by atoms with E-state index in [-0.39, 0.29) is 10.8 Å². The Labute approximate surface area is 165 Å². The van der Waals surface area contributed by atoms with Gasteiger partial charge in [-0.1, -0.05) is 24.3 Å². The Morgan fingerprint density at radius 3 is 2.61 bits per heavy atom. The number of hydrogen-bond donors (Lipinski definition) is 1. The van der Waals surface area contributed by atoms with E-state index in [1.54, 1.807) is 17.0 Å². The molecule has 0 bridgehead atoms. The third kappa shape index (κ3) is 3.29. The fourth-order valence-electron chi connectivity index (χ4n) is 4.02. The Bertz CT molecular complexity index is 1020. The summed E-state index contributed by atoms with van der Waals surface area (Å²) in [5.41, 5.74) is 3.67. The topological polar surface area (TPSA) is 77.9 Å². The Hall–Kier alpha value is -2.38. The number of carbonyl (C=O) groups excluding carboxylic acids is 1. The number of aliphatic hydroxyl groups is 1. The number of benzene rings is 2. The van der Waals surface area contributed by atoms with E-state index >= 15 is 0 Å². The number of carbonyl (C=O) groups is 1. The zero-order valence-electron chi connectivity index (χ0n) is 15.8. The van der Waals surface area contributed by atoms with E-state index in [9.17, 15) is 18.3 Å². The summed E-state index contributed by atoms with van der Waals surface area (Å²) < 4.78 is 28.2. The molecule has 148 valence electrons. The van der Waals surface area contributed by atoms with Gasteiger partial charge in [0.2, 0.25) is 0 Å². The molecule has 0 saturated carbocycles. The molecule has 2 aromatic carbocycles. The van der Waals surface area contributed by atoms with Gasteiger partial charge in [-0.05, 0) is 61.1 Å². The molecule has 2 aromatic rings. The lowest BCUT2D eigenvalue weighted by Crippen LogP contribution is -2.41. The first-order valence-electron chi connectivity index (χ1n) is 9.57. The number of rotatable bonds is 3. The quantitative estimate of drug-likeness (QED) is 0.856. The first kappa shape index (κ1) is 19.0. The molecule has 0 radical (unpaired) electrons. The van der Waals surface area contributed by atoms with Crippen molar-refractivity contribution in [3.8, 4) is 0 Å². The van der Waals surface area contributed by atoms with Crippen LogP contribution < -0.4 is 4.31 Å². The third-order valence-corrected chi connectivity index (χ3v) is 7.32. The number of anilines is 1. The van der Waals surface area contributed by atoms with Crippen LogP contribution in [0.4, 0.5) is 5.69 Å². The molecule has 0 unspecified atom stereocenters. The van der Waals surface area contributed by atoms with Gasteiger partial charge in [0, 0.05) is 19.6 Å². The highest BCUT2D eigenvalue weighted by Crippen LogP contribution is 2.33. The molecule has 0 spiro atoms. The summed E-state index contributed by atoms with van der Waals surface area (Å²) in [6.07, 6.45) is 1.26. The molecule has 7 heteroatoms.